The summed E-state index contributed by atoms with van der Waals surface area (Å²) >= 11 is 0. The van der Waals surface area contributed by atoms with Gasteiger partial charge in [0, 0.05) is 6.04 Å². The quantitative estimate of drug-likeness (QED) is 0.107. The fourth-order valence-electron chi connectivity index (χ4n) is 7.04. The van der Waals surface area contributed by atoms with Gasteiger partial charge in [0.05, 0.1) is 24.4 Å². The highest BCUT2D eigenvalue weighted by Crippen LogP contribution is 2.39. The number of carbonyl (C=O) groups excluding carboxylic acids is 1. The summed E-state index contributed by atoms with van der Waals surface area (Å²) in [5, 5.41) is 29.7. The lowest BCUT2D eigenvalue weighted by Gasteiger charge is -2.43. The minimum Gasteiger partial charge on any atom is -0.444 e. The first-order valence-electron chi connectivity index (χ1n) is 19.5. The minimum atomic E-state index is -2.26. The van der Waals surface area contributed by atoms with Crippen LogP contribution < -0.4 is 10.6 Å². The fourth-order valence-corrected chi connectivity index (χ4v) is 8.42. The van der Waals surface area contributed by atoms with Crippen LogP contribution in [0.5, 0.6) is 0 Å². The first-order chi connectivity index (χ1) is 22.7. The van der Waals surface area contributed by atoms with E-state index in [1.165, 1.54) is 32.1 Å². The molecule has 8 heteroatoms. The molecule has 0 spiro atoms. The summed E-state index contributed by atoms with van der Waals surface area (Å²) in [6.45, 7) is 26.5. The number of carbonyl (C=O) groups is 1. The van der Waals surface area contributed by atoms with Crippen molar-refractivity contribution >= 4 is 14.4 Å². The van der Waals surface area contributed by atoms with E-state index in [1.807, 2.05) is 39.0 Å². The number of aliphatic hydroxyl groups excluding tert-OH is 2. The molecule has 1 aliphatic carbocycles. The molecule has 1 amide bonds. The van der Waals surface area contributed by atoms with Crippen molar-refractivity contribution in [2.45, 2.75) is 188 Å². The topological polar surface area (TPSA) is 100 Å². The second-order valence-corrected chi connectivity index (χ2v) is 23.3. The van der Waals surface area contributed by atoms with Gasteiger partial charge in [0.25, 0.3) is 0 Å². The molecule has 284 valence electrons. The van der Waals surface area contributed by atoms with E-state index in [9.17, 15) is 15.0 Å². The normalized spacial score (nSPS) is 18.9. The fraction of sp³-hybridized carbons (Fsp3) is 0.829. The average molecular weight is 705 g/mol. The third-order valence-corrected chi connectivity index (χ3v) is 15.1. The Morgan fingerprint density at radius 1 is 0.878 bits per heavy atom. The first kappa shape index (κ1) is 43.7. The molecular formula is C41H76N2O5Si. The standard InChI is InChI=1S/C41H76N2O5Si/c1-29(2)23-33(28-42-35(26-32-21-17-14-18-22-32)38(45)36(44)24-30(3)4)27-37(48-49(11,12)41(8,9)10)34(25-31-19-15-13-16-20-31)43-39(46)47-40(5,6)7/h13,15-16,19-20,29-30,32-38,42,44-45H,14,17-18,21-28H2,1-12H3,(H,43,46)/t33?,34-,35-,36-,37+,38+/m0/s1. The number of nitrogens with one attached hydrogen (secondary N) is 2. The molecule has 49 heavy (non-hydrogen) atoms. The van der Waals surface area contributed by atoms with Gasteiger partial charge >= 0.3 is 6.09 Å². The monoisotopic (exact) mass is 705 g/mol. The summed E-state index contributed by atoms with van der Waals surface area (Å²) in [6.07, 6.45) is 7.77. The third kappa shape index (κ3) is 16.6. The van der Waals surface area contributed by atoms with E-state index in [1.54, 1.807) is 0 Å². The lowest BCUT2D eigenvalue weighted by atomic mass is 9.82. The Bertz CT molecular complexity index is 1060. The van der Waals surface area contributed by atoms with Crippen LogP contribution in [-0.2, 0) is 15.6 Å². The van der Waals surface area contributed by atoms with E-state index < -0.39 is 32.2 Å². The highest BCUT2D eigenvalue weighted by atomic mass is 28.4. The maximum atomic E-state index is 13.4. The predicted molar refractivity (Wildman–Crippen MR) is 207 cm³/mol. The number of alkyl carbamates (subject to hydrolysis) is 1. The van der Waals surface area contributed by atoms with Crippen LogP contribution >= 0.6 is 0 Å². The van der Waals surface area contributed by atoms with Crippen molar-refractivity contribution in [3.63, 3.8) is 0 Å². The van der Waals surface area contributed by atoms with E-state index >= 15 is 0 Å². The molecule has 7 nitrogen and oxygen atoms in total. The van der Waals surface area contributed by atoms with Gasteiger partial charge in [0.2, 0.25) is 0 Å². The van der Waals surface area contributed by atoms with Crippen LogP contribution in [-0.4, -0.2) is 67.2 Å². The van der Waals surface area contributed by atoms with E-state index in [2.05, 4.69) is 84.3 Å². The molecule has 2 rings (SSSR count). The number of ether oxygens (including phenoxy) is 1. The van der Waals surface area contributed by atoms with Gasteiger partial charge in [-0.2, -0.15) is 0 Å². The van der Waals surface area contributed by atoms with Gasteiger partial charge in [0.1, 0.15) is 5.60 Å². The van der Waals surface area contributed by atoms with Crippen molar-refractivity contribution < 1.29 is 24.2 Å². The van der Waals surface area contributed by atoms with Gasteiger partial charge in [-0.05, 0) is 107 Å². The van der Waals surface area contributed by atoms with Crippen LogP contribution in [0.15, 0.2) is 30.3 Å². The van der Waals surface area contributed by atoms with Crippen molar-refractivity contribution in [2.75, 3.05) is 6.54 Å². The summed E-state index contributed by atoms with van der Waals surface area (Å²) in [4.78, 5) is 13.4. The van der Waals surface area contributed by atoms with Gasteiger partial charge < -0.3 is 30.0 Å². The molecule has 1 saturated carbocycles. The van der Waals surface area contributed by atoms with Crippen LogP contribution in [0.3, 0.4) is 0 Å². The summed E-state index contributed by atoms with van der Waals surface area (Å²) in [5.41, 5.74) is 0.524. The van der Waals surface area contributed by atoms with E-state index in [0.717, 1.165) is 24.8 Å². The second kappa shape index (κ2) is 20.0. The van der Waals surface area contributed by atoms with E-state index in [-0.39, 0.29) is 29.1 Å². The lowest BCUT2D eigenvalue weighted by molar-refractivity contribution is -0.0212. The SMILES string of the molecule is CC(C)CC(CN[C@@H](CC1CCCCC1)[C@@H](O)[C@@H](O)CC(C)C)C[C@@H](O[Si](C)(C)C(C)(C)C)[C@H](Cc1ccccc1)NC(=O)OC(C)(C)C. The molecule has 6 atom stereocenters. The largest absolute Gasteiger partial charge is 0.444 e. The molecular weight excluding hydrogens is 629 g/mol. The summed E-state index contributed by atoms with van der Waals surface area (Å²) in [5.74, 6) is 1.57. The number of aliphatic hydroxyl groups is 2. The molecule has 1 aliphatic rings. The Morgan fingerprint density at radius 3 is 2.00 bits per heavy atom. The molecule has 0 heterocycles. The smallest absolute Gasteiger partial charge is 0.407 e. The molecule has 0 aliphatic heterocycles. The maximum Gasteiger partial charge on any atom is 0.407 e. The van der Waals surface area contributed by atoms with Crippen molar-refractivity contribution in [3.8, 4) is 0 Å². The molecule has 0 aromatic heterocycles. The van der Waals surface area contributed by atoms with Gasteiger partial charge in [-0.1, -0.05) is 111 Å². The van der Waals surface area contributed by atoms with Gasteiger partial charge in [-0.15, -0.1) is 0 Å². The number of rotatable bonds is 19. The van der Waals surface area contributed by atoms with Crippen LogP contribution in [0, 0.1) is 23.7 Å². The molecule has 1 fully saturated rings. The molecule has 0 bridgehead atoms. The predicted octanol–water partition coefficient (Wildman–Crippen LogP) is 9.26. The molecule has 1 aromatic carbocycles. The molecule has 4 N–H and O–H groups in total. The Morgan fingerprint density at radius 2 is 1.47 bits per heavy atom. The number of amides is 1. The number of hydrogen-bond donors (Lipinski definition) is 4. The van der Waals surface area contributed by atoms with Crippen molar-refractivity contribution in [2.24, 2.45) is 23.7 Å². The second-order valence-electron chi connectivity index (χ2n) is 18.5. The highest BCUT2D eigenvalue weighted by molar-refractivity contribution is 6.74. The molecule has 0 saturated heterocycles. The van der Waals surface area contributed by atoms with Gasteiger partial charge in [-0.3, -0.25) is 0 Å². The van der Waals surface area contributed by atoms with Crippen LogP contribution in [0.2, 0.25) is 18.1 Å². The number of benzene rings is 1. The van der Waals surface area contributed by atoms with Crippen LogP contribution in [0.25, 0.3) is 0 Å². The average Bonchev–Trinajstić information content (AvgIpc) is 2.97. The molecule has 1 aromatic rings. The Hall–Kier alpha value is -1.45. The number of hydrogen-bond acceptors (Lipinski definition) is 6. The first-order valence-corrected chi connectivity index (χ1v) is 22.4. The zero-order valence-electron chi connectivity index (χ0n) is 33.5. The van der Waals surface area contributed by atoms with Crippen molar-refractivity contribution in [3.05, 3.63) is 35.9 Å². The Balaban J connectivity index is 2.46. The molecule has 0 radical (unpaired) electrons. The third-order valence-electron chi connectivity index (χ3n) is 10.6. The summed E-state index contributed by atoms with van der Waals surface area (Å²) in [7, 11) is -2.26. The molecule has 1 unspecified atom stereocenters. The zero-order chi connectivity index (χ0) is 37.0. The highest BCUT2D eigenvalue weighted by Gasteiger charge is 2.42. The van der Waals surface area contributed by atoms with Crippen LogP contribution in [0.4, 0.5) is 4.79 Å². The lowest BCUT2D eigenvalue weighted by Crippen LogP contribution is -2.54. The Labute approximate surface area is 302 Å². The van der Waals surface area contributed by atoms with Gasteiger partial charge in [0.15, 0.2) is 8.32 Å². The zero-order valence-corrected chi connectivity index (χ0v) is 34.5. The maximum absolute atomic E-state index is 13.4. The summed E-state index contributed by atoms with van der Waals surface area (Å²) < 4.78 is 13.1. The van der Waals surface area contributed by atoms with E-state index in [4.69, 9.17) is 9.16 Å². The van der Waals surface area contributed by atoms with Crippen LogP contribution in [0.1, 0.15) is 133 Å². The summed E-state index contributed by atoms with van der Waals surface area (Å²) in [6, 6.07) is 9.86. The van der Waals surface area contributed by atoms with Crippen molar-refractivity contribution in [1.82, 2.24) is 10.6 Å². The van der Waals surface area contributed by atoms with E-state index in [0.29, 0.717) is 37.1 Å². The van der Waals surface area contributed by atoms with Gasteiger partial charge in [-0.25, -0.2) is 4.79 Å². The minimum absolute atomic E-state index is 0.0119. The van der Waals surface area contributed by atoms with Crippen molar-refractivity contribution in [1.29, 1.82) is 0 Å². The Kier molecular flexibility index (Phi) is 17.8.